The number of hydrogen-bond acceptors (Lipinski definition) is 5. The summed E-state index contributed by atoms with van der Waals surface area (Å²) in [6.45, 7) is 0. The smallest absolute Gasteiger partial charge is 0.507 e. The topological polar surface area (TPSA) is 72.8 Å². The van der Waals surface area contributed by atoms with Gasteiger partial charge in [0.1, 0.15) is 11.3 Å². The molecular formula is C10H10KO5+. The van der Waals surface area contributed by atoms with E-state index in [9.17, 15) is 14.7 Å². The molecule has 1 aromatic rings. The first-order valence-corrected chi connectivity index (χ1v) is 4.09. The van der Waals surface area contributed by atoms with Gasteiger partial charge in [0, 0.05) is 0 Å². The van der Waals surface area contributed by atoms with Crippen molar-refractivity contribution in [1.29, 1.82) is 0 Å². The molecular weight excluding hydrogens is 239 g/mol. The van der Waals surface area contributed by atoms with Crippen LogP contribution < -0.4 is 51.4 Å². The summed E-state index contributed by atoms with van der Waals surface area (Å²) in [4.78, 5) is 22.2. The van der Waals surface area contributed by atoms with Crippen LogP contribution in [0, 0.1) is 0 Å². The van der Waals surface area contributed by atoms with Crippen LogP contribution in [0.3, 0.4) is 0 Å². The molecule has 0 saturated carbocycles. The second-order valence-electron chi connectivity index (χ2n) is 2.72. The predicted octanol–water partition coefficient (Wildman–Crippen LogP) is -2.03. The number of phenolic OH excluding ortho intramolecular Hbond substituents is 1. The summed E-state index contributed by atoms with van der Waals surface area (Å²) < 4.78 is 8.88. The quantitative estimate of drug-likeness (QED) is 0.483. The Kier molecular flexibility index (Phi) is 6.85. The van der Waals surface area contributed by atoms with Gasteiger partial charge in [-0.25, -0.2) is 9.59 Å². The van der Waals surface area contributed by atoms with Gasteiger partial charge in [-0.15, -0.1) is 0 Å². The third-order valence-corrected chi connectivity index (χ3v) is 1.82. The third-order valence-electron chi connectivity index (χ3n) is 1.82. The van der Waals surface area contributed by atoms with Gasteiger partial charge in [0.2, 0.25) is 0 Å². The van der Waals surface area contributed by atoms with Gasteiger partial charge < -0.3 is 14.6 Å². The number of esters is 2. The Morgan fingerprint density at radius 1 is 1.12 bits per heavy atom. The van der Waals surface area contributed by atoms with Gasteiger partial charge in [0.25, 0.3) is 0 Å². The number of hydrogen-bond donors (Lipinski definition) is 1. The van der Waals surface area contributed by atoms with E-state index in [0.717, 1.165) is 6.07 Å². The molecule has 6 heteroatoms. The van der Waals surface area contributed by atoms with E-state index in [1.807, 2.05) is 0 Å². The normalized spacial score (nSPS) is 8.88. The number of methoxy groups -OCH3 is 2. The molecule has 0 aliphatic rings. The van der Waals surface area contributed by atoms with Crippen LogP contribution in [0.1, 0.15) is 20.7 Å². The van der Waals surface area contributed by atoms with Crippen LogP contribution in [-0.4, -0.2) is 31.3 Å². The van der Waals surface area contributed by atoms with Gasteiger partial charge in [-0.1, -0.05) is 0 Å². The molecule has 0 atom stereocenters. The Labute approximate surface area is 135 Å². The van der Waals surface area contributed by atoms with E-state index in [-0.39, 0.29) is 68.3 Å². The van der Waals surface area contributed by atoms with Gasteiger partial charge in [0.15, 0.2) is 0 Å². The maximum Gasteiger partial charge on any atom is 1.00 e. The van der Waals surface area contributed by atoms with Crippen LogP contribution in [0.25, 0.3) is 0 Å². The van der Waals surface area contributed by atoms with Crippen molar-refractivity contribution in [2.24, 2.45) is 0 Å². The summed E-state index contributed by atoms with van der Waals surface area (Å²) in [5.41, 5.74) is 0.174. The average Bonchev–Trinajstić information content (AvgIpc) is 2.26. The van der Waals surface area contributed by atoms with Gasteiger partial charge in [-0.2, -0.15) is 0 Å². The standard InChI is InChI=1S/C10H10O5.K/c1-14-9(12)6-3-4-7(8(11)5-6)10(13)15-2;/h3-5,11H,1-2H3;/q;+1. The SMILES string of the molecule is COC(=O)c1ccc(C(=O)OC)c(O)c1.[K+]. The molecule has 1 aromatic carbocycles. The molecule has 0 heterocycles. The molecule has 5 nitrogen and oxygen atoms in total. The minimum Gasteiger partial charge on any atom is -0.507 e. The van der Waals surface area contributed by atoms with E-state index < -0.39 is 11.9 Å². The number of benzene rings is 1. The van der Waals surface area contributed by atoms with E-state index in [2.05, 4.69) is 9.47 Å². The zero-order chi connectivity index (χ0) is 11.4. The van der Waals surface area contributed by atoms with Gasteiger partial charge in [-0.05, 0) is 18.2 Å². The molecule has 80 valence electrons. The number of carbonyl (C=O) groups excluding carboxylic acids is 2. The predicted molar refractivity (Wildman–Crippen MR) is 50.8 cm³/mol. The van der Waals surface area contributed by atoms with Crippen LogP contribution in [0.2, 0.25) is 0 Å². The number of rotatable bonds is 2. The zero-order valence-corrected chi connectivity index (χ0v) is 12.4. The van der Waals surface area contributed by atoms with Crippen LogP contribution in [0.4, 0.5) is 0 Å². The van der Waals surface area contributed by atoms with Crippen molar-refractivity contribution >= 4 is 11.9 Å². The summed E-state index contributed by atoms with van der Waals surface area (Å²) in [5.74, 6) is -1.56. The monoisotopic (exact) mass is 249 g/mol. The van der Waals surface area contributed by atoms with E-state index >= 15 is 0 Å². The summed E-state index contributed by atoms with van der Waals surface area (Å²) in [7, 11) is 2.43. The summed E-state index contributed by atoms with van der Waals surface area (Å²) in [6, 6.07) is 3.82. The summed E-state index contributed by atoms with van der Waals surface area (Å²) >= 11 is 0. The molecule has 0 aromatic heterocycles. The number of aromatic hydroxyl groups is 1. The first kappa shape index (κ1) is 15.6. The Balaban J connectivity index is 0.00000225. The Bertz CT molecular complexity index is 402. The van der Waals surface area contributed by atoms with Crippen LogP contribution in [0.15, 0.2) is 18.2 Å². The molecule has 0 amide bonds. The minimum absolute atomic E-state index is 0. The van der Waals surface area contributed by atoms with E-state index in [1.165, 1.54) is 26.4 Å². The fraction of sp³-hybridized carbons (Fsp3) is 0.200. The Morgan fingerprint density at radius 2 is 1.69 bits per heavy atom. The van der Waals surface area contributed by atoms with E-state index in [0.29, 0.717) is 0 Å². The molecule has 0 radical (unpaired) electrons. The van der Waals surface area contributed by atoms with Gasteiger partial charge in [-0.3, -0.25) is 0 Å². The molecule has 0 saturated heterocycles. The average molecular weight is 249 g/mol. The fourth-order valence-electron chi connectivity index (χ4n) is 1.06. The molecule has 1 N–H and O–H groups in total. The summed E-state index contributed by atoms with van der Waals surface area (Å²) in [6.07, 6.45) is 0. The molecule has 0 aliphatic carbocycles. The van der Waals surface area contributed by atoms with Crippen LogP contribution in [0.5, 0.6) is 5.75 Å². The first-order chi connectivity index (χ1) is 7.10. The van der Waals surface area contributed by atoms with Crippen molar-refractivity contribution in [2.75, 3.05) is 14.2 Å². The van der Waals surface area contributed by atoms with Crippen molar-refractivity contribution in [3.8, 4) is 5.75 Å². The molecule has 0 bridgehead atoms. The van der Waals surface area contributed by atoms with Crippen molar-refractivity contribution in [1.82, 2.24) is 0 Å². The number of ether oxygens (including phenoxy) is 2. The van der Waals surface area contributed by atoms with Gasteiger partial charge in [0.05, 0.1) is 19.8 Å². The van der Waals surface area contributed by atoms with Gasteiger partial charge >= 0.3 is 63.3 Å². The molecule has 1 rings (SSSR count). The number of phenols is 1. The Morgan fingerprint density at radius 3 is 2.12 bits per heavy atom. The molecule has 0 aliphatic heterocycles. The largest absolute Gasteiger partial charge is 1.00 e. The van der Waals surface area contributed by atoms with E-state index in [4.69, 9.17) is 0 Å². The van der Waals surface area contributed by atoms with Crippen LogP contribution in [-0.2, 0) is 9.47 Å². The molecule has 0 fully saturated rings. The maximum absolute atomic E-state index is 11.1. The molecule has 0 spiro atoms. The third kappa shape index (κ3) is 3.57. The fourth-order valence-corrected chi connectivity index (χ4v) is 1.06. The maximum atomic E-state index is 11.1. The van der Waals surface area contributed by atoms with E-state index in [1.54, 1.807) is 0 Å². The van der Waals surface area contributed by atoms with Crippen molar-refractivity contribution in [3.05, 3.63) is 29.3 Å². The van der Waals surface area contributed by atoms with Crippen molar-refractivity contribution in [3.63, 3.8) is 0 Å². The minimum atomic E-state index is -0.663. The second kappa shape index (κ2) is 7.03. The molecule has 0 unspecified atom stereocenters. The van der Waals surface area contributed by atoms with Crippen molar-refractivity contribution in [2.45, 2.75) is 0 Å². The Hall–Kier alpha value is -0.404. The zero-order valence-electron chi connectivity index (χ0n) is 9.31. The van der Waals surface area contributed by atoms with Crippen LogP contribution >= 0.6 is 0 Å². The summed E-state index contributed by atoms with van der Waals surface area (Å²) in [5, 5.41) is 9.43. The second-order valence-corrected chi connectivity index (χ2v) is 2.72. The van der Waals surface area contributed by atoms with Crippen molar-refractivity contribution < 1.29 is 75.6 Å². The number of carbonyl (C=O) groups is 2. The first-order valence-electron chi connectivity index (χ1n) is 4.09. The molecule has 16 heavy (non-hydrogen) atoms.